The van der Waals surface area contributed by atoms with Gasteiger partial charge in [-0.3, -0.25) is 14.5 Å². The molecular formula is C15H21N5O5S2. The lowest BCUT2D eigenvalue weighted by Crippen LogP contribution is -2.81. The van der Waals surface area contributed by atoms with Crippen LogP contribution in [-0.2, 0) is 31.2 Å². The number of aryl methyl sites for hydroxylation is 1. The van der Waals surface area contributed by atoms with Crippen LogP contribution in [0, 0.1) is 5.41 Å². The third kappa shape index (κ3) is 2.64. The smallest absolute Gasteiger partial charge is 0.271 e. The average molecular weight is 415 g/mol. The summed E-state index contributed by atoms with van der Waals surface area (Å²) in [5.74, 6) is -1.23. The second-order valence-electron chi connectivity index (χ2n) is 7.58. The van der Waals surface area contributed by atoms with Crippen molar-refractivity contribution in [1.29, 1.82) is 0 Å². The van der Waals surface area contributed by atoms with E-state index in [0.29, 0.717) is 10.7 Å². The van der Waals surface area contributed by atoms with E-state index in [9.17, 15) is 18.0 Å². The SMILES string of the molecule is CO[C@@]1(C(=O)C(C)(C)C)C(=O)N2C=C(C)C(Sc3nnnn3C)S(=O)(=O)[C@H]21. The molecule has 0 spiro atoms. The molecule has 1 aromatic rings. The molecular weight excluding hydrogens is 394 g/mol. The molecule has 0 aliphatic carbocycles. The Morgan fingerprint density at radius 3 is 2.48 bits per heavy atom. The number of nitrogens with zero attached hydrogens (tertiary/aromatic N) is 5. The Kier molecular flexibility index (Phi) is 4.51. The number of ether oxygens (including phenoxy) is 1. The summed E-state index contributed by atoms with van der Waals surface area (Å²) in [7, 11) is -1.23. The quantitative estimate of drug-likeness (QED) is 0.498. The Hall–Kier alpha value is -1.79. The van der Waals surface area contributed by atoms with Crippen LogP contribution in [0.1, 0.15) is 27.7 Å². The predicted molar refractivity (Wildman–Crippen MR) is 96.0 cm³/mol. The fourth-order valence-electron chi connectivity index (χ4n) is 3.33. The first kappa shape index (κ1) is 20.0. The number of rotatable bonds is 4. The molecule has 12 heteroatoms. The molecule has 2 aliphatic rings. The highest BCUT2D eigenvalue weighted by molar-refractivity contribution is 8.14. The third-order valence-electron chi connectivity index (χ3n) is 4.61. The monoisotopic (exact) mass is 415 g/mol. The molecule has 2 aliphatic heterocycles. The molecule has 1 unspecified atom stereocenters. The van der Waals surface area contributed by atoms with Crippen LogP contribution in [0.15, 0.2) is 16.9 Å². The molecule has 3 rings (SSSR count). The lowest BCUT2D eigenvalue weighted by atomic mass is 9.75. The first-order valence-corrected chi connectivity index (χ1v) is 10.6. The zero-order valence-corrected chi connectivity index (χ0v) is 17.5. The van der Waals surface area contributed by atoms with Crippen molar-refractivity contribution in [3.05, 3.63) is 11.8 Å². The highest BCUT2D eigenvalue weighted by atomic mass is 32.3. The Morgan fingerprint density at radius 1 is 1.37 bits per heavy atom. The van der Waals surface area contributed by atoms with Gasteiger partial charge in [-0.25, -0.2) is 13.1 Å². The summed E-state index contributed by atoms with van der Waals surface area (Å²) in [5.41, 5.74) is -2.56. The molecule has 1 fully saturated rings. The highest BCUT2D eigenvalue weighted by Gasteiger charge is 2.74. The number of carbonyl (C=O) groups excluding carboxylic acids is 2. The number of fused-ring (bicyclic) bond motifs is 1. The molecule has 27 heavy (non-hydrogen) atoms. The number of hydrogen-bond acceptors (Lipinski definition) is 9. The van der Waals surface area contributed by atoms with Crippen molar-refractivity contribution >= 4 is 33.3 Å². The summed E-state index contributed by atoms with van der Waals surface area (Å²) in [4.78, 5) is 26.9. The molecule has 1 saturated heterocycles. The molecule has 0 saturated carbocycles. The van der Waals surface area contributed by atoms with E-state index in [0.717, 1.165) is 16.7 Å². The standard InChI is InChI=1S/C15H21N5O5S2/c1-8-7-20-11(22)15(25-6,10(21)14(2,3)4)12(20)27(23,24)9(8)26-13-16-17-18-19(13)5/h7,9,12H,1-6H3/t9?,12-,15-/m0/s1. The molecule has 10 nitrogen and oxygen atoms in total. The van der Waals surface area contributed by atoms with Crippen LogP contribution < -0.4 is 0 Å². The number of tetrazole rings is 1. The number of aromatic nitrogens is 4. The normalized spacial score (nSPS) is 29.8. The number of Topliss-reactive ketones (excluding diaryl/α,β-unsaturated/α-hetero) is 1. The second-order valence-corrected chi connectivity index (χ2v) is 11.0. The van der Waals surface area contributed by atoms with Gasteiger partial charge in [-0.2, -0.15) is 0 Å². The molecule has 0 bridgehead atoms. The Labute approximate surface area is 161 Å². The van der Waals surface area contributed by atoms with Crippen LogP contribution in [0.5, 0.6) is 0 Å². The minimum Gasteiger partial charge on any atom is -0.358 e. The van der Waals surface area contributed by atoms with E-state index >= 15 is 0 Å². The van der Waals surface area contributed by atoms with Gasteiger partial charge in [0.25, 0.3) is 5.91 Å². The Balaban J connectivity index is 2.09. The number of hydrogen-bond donors (Lipinski definition) is 0. The number of thioether (sulfide) groups is 1. The van der Waals surface area contributed by atoms with Crippen LogP contribution in [0.3, 0.4) is 0 Å². The van der Waals surface area contributed by atoms with Gasteiger partial charge in [0.15, 0.2) is 21.0 Å². The van der Waals surface area contributed by atoms with Crippen LogP contribution in [-0.4, -0.2) is 67.9 Å². The van der Waals surface area contributed by atoms with Crippen molar-refractivity contribution < 1.29 is 22.7 Å². The van der Waals surface area contributed by atoms with Crippen molar-refractivity contribution in [3.63, 3.8) is 0 Å². The second kappa shape index (κ2) is 6.11. The maximum Gasteiger partial charge on any atom is 0.271 e. The van der Waals surface area contributed by atoms with Crippen molar-refractivity contribution in [2.24, 2.45) is 12.5 Å². The van der Waals surface area contributed by atoms with Crippen molar-refractivity contribution in [2.45, 2.75) is 48.4 Å². The number of sulfone groups is 1. The number of amides is 1. The molecule has 3 heterocycles. The molecule has 0 N–H and O–H groups in total. The number of carbonyl (C=O) groups is 2. The van der Waals surface area contributed by atoms with Crippen LogP contribution in [0.2, 0.25) is 0 Å². The largest absolute Gasteiger partial charge is 0.358 e. The molecule has 1 aromatic heterocycles. The fourth-order valence-corrected chi connectivity index (χ4v) is 7.20. The van der Waals surface area contributed by atoms with E-state index in [1.165, 1.54) is 18.0 Å². The number of β-lactam (4-membered cyclic amide) rings is 1. The van der Waals surface area contributed by atoms with Crippen LogP contribution in [0.4, 0.5) is 0 Å². The summed E-state index contributed by atoms with van der Waals surface area (Å²) >= 11 is 0.950. The van der Waals surface area contributed by atoms with Gasteiger partial charge >= 0.3 is 0 Å². The first-order valence-electron chi connectivity index (χ1n) is 8.12. The van der Waals surface area contributed by atoms with Crippen molar-refractivity contribution in [2.75, 3.05) is 7.11 Å². The van der Waals surface area contributed by atoms with E-state index < -0.39 is 42.5 Å². The van der Waals surface area contributed by atoms with Gasteiger partial charge in [0.1, 0.15) is 4.58 Å². The van der Waals surface area contributed by atoms with Gasteiger partial charge in [0.05, 0.1) is 0 Å². The van der Waals surface area contributed by atoms with Gasteiger partial charge in [0, 0.05) is 25.8 Å². The first-order chi connectivity index (χ1) is 12.4. The summed E-state index contributed by atoms with van der Waals surface area (Å²) < 4.78 is 32.4. The third-order valence-corrected chi connectivity index (χ3v) is 9.00. The van der Waals surface area contributed by atoms with Gasteiger partial charge < -0.3 is 4.74 Å². The molecule has 0 radical (unpaired) electrons. The van der Waals surface area contributed by atoms with Crippen LogP contribution in [0.25, 0.3) is 0 Å². The Morgan fingerprint density at radius 2 is 2.00 bits per heavy atom. The lowest BCUT2D eigenvalue weighted by Gasteiger charge is -2.55. The van der Waals surface area contributed by atoms with Gasteiger partial charge in [0.2, 0.25) is 10.8 Å². The predicted octanol–water partition coefficient (Wildman–Crippen LogP) is 0.129. The van der Waals surface area contributed by atoms with Gasteiger partial charge in [-0.05, 0) is 22.9 Å². The number of methoxy groups -OCH3 is 1. The van der Waals surface area contributed by atoms with Crippen LogP contribution >= 0.6 is 11.8 Å². The minimum atomic E-state index is -4.02. The molecule has 0 aromatic carbocycles. The number of ketones is 1. The van der Waals surface area contributed by atoms with E-state index in [1.807, 2.05) is 0 Å². The molecule has 3 atom stereocenters. The van der Waals surface area contributed by atoms with E-state index in [1.54, 1.807) is 34.7 Å². The maximum atomic E-state index is 13.4. The zero-order valence-electron chi connectivity index (χ0n) is 15.8. The van der Waals surface area contributed by atoms with Crippen molar-refractivity contribution in [3.8, 4) is 0 Å². The van der Waals surface area contributed by atoms with E-state index in [2.05, 4.69) is 15.5 Å². The topological polar surface area (TPSA) is 124 Å². The Bertz CT molecular complexity index is 948. The highest BCUT2D eigenvalue weighted by Crippen LogP contribution is 2.49. The fraction of sp³-hybridized carbons (Fsp3) is 0.667. The summed E-state index contributed by atoms with van der Waals surface area (Å²) in [6.07, 6.45) is 1.46. The molecule has 148 valence electrons. The molecule has 1 amide bonds. The average Bonchev–Trinajstić information content (AvgIpc) is 2.97. The zero-order chi connectivity index (χ0) is 20.4. The van der Waals surface area contributed by atoms with E-state index in [-0.39, 0.29) is 0 Å². The van der Waals surface area contributed by atoms with Crippen molar-refractivity contribution in [1.82, 2.24) is 25.1 Å². The minimum absolute atomic E-state index is 0.306. The van der Waals surface area contributed by atoms with Gasteiger partial charge in [-0.15, -0.1) is 5.10 Å². The van der Waals surface area contributed by atoms with Gasteiger partial charge in [-0.1, -0.05) is 32.5 Å². The van der Waals surface area contributed by atoms with E-state index in [4.69, 9.17) is 4.74 Å². The summed E-state index contributed by atoms with van der Waals surface area (Å²) in [6, 6.07) is 0. The summed E-state index contributed by atoms with van der Waals surface area (Å²) in [5, 5.41) is 9.91. The lowest BCUT2D eigenvalue weighted by molar-refractivity contribution is -0.189. The summed E-state index contributed by atoms with van der Waals surface area (Å²) in [6.45, 7) is 6.49. The maximum absolute atomic E-state index is 13.4.